The number of hydrogen-bond donors (Lipinski definition) is 0. The zero-order chi connectivity index (χ0) is 29.7. The summed E-state index contributed by atoms with van der Waals surface area (Å²) in [5.41, 5.74) is 0.657. The number of amides is 1. The molecule has 0 N–H and O–H groups in total. The van der Waals surface area contributed by atoms with Crippen LogP contribution in [0.25, 0.3) is 11.8 Å². The summed E-state index contributed by atoms with van der Waals surface area (Å²) in [5, 5.41) is 8.92. The number of piperazine rings is 1. The molecule has 0 spiro atoms. The Morgan fingerprint density at radius 2 is 1.78 bits per heavy atom. The van der Waals surface area contributed by atoms with Gasteiger partial charge in [0.2, 0.25) is 0 Å². The first-order chi connectivity index (χ1) is 19.6. The third kappa shape index (κ3) is 6.63. The molecule has 12 heteroatoms. The van der Waals surface area contributed by atoms with Gasteiger partial charge in [-0.15, -0.1) is 13.2 Å². The van der Waals surface area contributed by atoms with Crippen molar-refractivity contribution in [2.24, 2.45) is 0 Å². The van der Waals surface area contributed by atoms with E-state index in [9.17, 15) is 27.2 Å². The molecule has 0 saturated carbocycles. The van der Waals surface area contributed by atoms with Crippen molar-refractivity contribution in [1.29, 1.82) is 5.26 Å². The molecule has 5 rings (SSSR count). The predicted octanol–water partition coefficient (Wildman–Crippen LogP) is 5.65. The average molecular weight is 569 g/mol. The van der Waals surface area contributed by atoms with Crippen LogP contribution in [-0.2, 0) is 4.74 Å². The fourth-order valence-electron chi connectivity index (χ4n) is 4.32. The lowest BCUT2D eigenvalue weighted by molar-refractivity contribution is -0.274. The minimum Gasteiger partial charge on any atom is -0.422 e. The van der Waals surface area contributed by atoms with Crippen molar-refractivity contribution in [2.45, 2.75) is 20.2 Å². The maximum Gasteiger partial charge on any atom is 0.573 e. The minimum atomic E-state index is -4.92. The Balaban J connectivity index is 0.00000189. The van der Waals surface area contributed by atoms with Gasteiger partial charge in [0.15, 0.2) is 0 Å². The van der Waals surface area contributed by atoms with Crippen molar-refractivity contribution in [2.75, 3.05) is 31.1 Å². The molecule has 1 fully saturated rings. The monoisotopic (exact) mass is 568 g/mol. The molecule has 3 heterocycles. The molecule has 0 bridgehead atoms. The second-order valence-electron chi connectivity index (χ2n) is 8.69. The fraction of sp³-hybridized carbons (Fsp3) is 0.241. The first kappa shape index (κ1) is 29.1. The van der Waals surface area contributed by atoms with Gasteiger partial charge in [0, 0.05) is 37.9 Å². The number of anilines is 1. The highest BCUT2D eigenvalue weighted by Gasteiger charge is 2.33. The number of rotatable bonds is 4. The van der Waals surface area contributed by atoms with E-state index < -0.39 is 29.8 Å². The van der Waals surface area contributed by atoms with Crippen LogP contribution in [0.5, 0.6) is 5.75 Å². The Morgan fingerprint density at radius 1 is 1.05 bits per heavy atom. The molecule has 1 aromatic heterocycles. The number of carbonyl (C=O) groups excluding carboxylic acids is 2. The van der Waals surface area contributed by atoms with Crippen LogP contribution in [-0.4, -0.2) is 54.3 Å². The molecule has 2 aromatic carbocycles. The number of alkyl halides is 3. The Kier molecular flexibility index (Phi) is 8.56. The summed E-state index contributed by atoms with van der Waals surface area (Å²) in [7, 11) is 0. The van der Waals surface area contributed by atoms with Gasteiger partial charge in [-0.25, -0.2) is 14.2 Å². The van der Waals surface area contributed by atoms with Gasteiger partial charge in [0.05, 0.1) is 16.7 Å². The quantitative estimate of drug-likeness (QED) is 0.297. The highest BCUT2D eigenvalue weighted by molar-refractivity contribution is 6.06. The van der Waals surface area contributed by atoms with E-state index in [1.165, 1.54) is 29.3 Å². The second kappa shape index (κ2) is 12.1. The number of esters is 1. The highest BCUT2D eigenvalue weighted by Crippen LogP contribution is 2.35. The molecule has 0 radical (unpaired) electrons. The lowest BCUT2D eigenvalue weighted by Gasteiger charge is -2.35. The highest BCUT2D eigenvalue weighted by atomic mass is 19.4. The van der Waals surface area contributed by atoms with Crippen molar-refractivity contribution in [3.63, 3.8) is 0 Å². The molecule has 0 aliphatic carbocycles. The Morgan fingerprint density at radius 3 is 2.41 bits per heavy atom. The third-order valence-corrected chi connectivity index (χ3v) is 6.20. The number of halogens is 4. The van der Waals surface area contributed by atoms with Gasteiger partial charge in [-0.1, -0.05) is 19.9 Å². The number of fused-ring (bicyclic) bond motifs is 1. The number of hydrogen-bond acceptors (Lipinski definition) is 7. The molecule has 212 valence electrons. The van der Waals surface area contributed by atoms with E-state index >= 15 is 0 Å². The second-order valence-corrected chi connectivity index (χ2v) is 8.69. The maximum atomic E-state index is 14.7. The largest absolute Gasteiger partial charge is 0.573 e. The van der Waals surface area contributed by atoms with E-state index in [0.717, 1.165) is 24.3 Å². The zero-order valence-electron chi connectivity index (χ0n) is 22.0. The van der Waals surface area contributed by atoms with Crippen molar-refractivity contribution in [1.82, 2.24) is 9.88 Å². The van der Waals surface area contributed by atoms with Crippen LogP contribution in [0.1, 0.15) is 51.3 Å². The molecule has 0 atom stereocenters. The van der Waals surface area contributed by atoms with Crippen LogP contribution in [0.4, 0.5) is 23.4 Å². The molecule has 0 unspecified atom stereocenters. The first-order valence-corrected chi connectivity index (χ1v) is 12.7. The van der Waals surface area contributed by atoms with Crippen LogP contribution < -0.4 is 9.64 Å². The normalized spacial score (nSPS) is 15.4. The van der Waals surface area contributed by atoms with Crippen LogP contribution in [0, 0.1) is 17.1 Å². The summed E-state index contributed by atoms with van der Waals surface area (Å²) in [6, 6.07) is 12.3. The van der Waals surface area contributed by atoms with Gasteiger partial charge in [0.1, 0.15) is 29.2 Å². The summed E-state index contributed by atoms with van der Waals surface area (Å²) in [5.74, 6) is -1.97. The van der Waals surface area contributed by atoms with E-state index in [4.69, 9.17) is 10.00 Å². The van der Waals surface area contributed by atoms with Crippen molar-refractivity contribution in [3.8, 4) is 11.8 Å². The molecular weight excluding hydrogens is 544 g/mol. The smallest absolute Gasteiger partial charge is 0.422 e. The van der Waals surface area contributed by atoms with Crippen molar-refractivity contribution < 1.29 is 36.6 Å². The predicted molar refractivity (Wildman–Crippen MR) is 141 cm³/mol. The van der Waals surface area contributed by atoms with E-state index in [0.29, 0.717) is 43.1 Å². The SMILES string of the molecule is CC.N#Cc1ccc(N2CCN(C(=O)c3cc(/C=C4\OC(=O)c5ccc(OC(F)(F)F)cc54)ccc3F)CC2)nc1. The number of nitrogens with zero attached hydrogens (tertiary/aromatic N) is 4. The number of cyclic esters (lactones) is 1. The summed E-state index contributed by atoms with van der Waals surface area (Å²) in [6.07, 6.45) is -2.12. The number of pyridine rings is 1. The van der Waals surface area contributed by atoms with Crippen molar-refractivity contribution >= 4 is 29.5 Å². The standard InChI is InChI=1S/C27H18F4N4O4.C2H6/c28-22-5-1-16(12-23-20-13-18(39-27(29,30)31)3-4-19(20)26(37)38-23)11-21(22)25(36)35-9-7-34(8-10-35)24-6-2-17(14-32)15-33-24;1-2/h1-6,11-13,15H,7-10H2;1-2H3/b23-12-;. The van der Waals surface area contributed by atoms with Crippen LogP contribution >= 0.6 is 0 Å². The fourth-order valence-corrected chi connectivity index (χ4v) is 4.32. The topological polar surface area (TPSA) is 95.8 Å². The summed E-state index contributed by atoms with van der Waals surface area (Å²) < 4.78 is 61.7. The van der Waals surface area contributed by atoms with E-state index in [1.54, 1.807) is 12.1 Å². The average Bonchev–Trinajstić information content (AvgIpc) is 3.28. The molecule has 3 aromatic rings. The Labute approximate surface area is 233 Å². The third-order valence-electron chi connectivity index (χ3n) is 6.20. The van der Waals surface area contributed by atoms with Gasteiger partial charge in [0.25, 0.3) is 5.91 Å². The Bertz CT molecular complexity index is 1520. The number of nitriles is 1. The lowest BCUT2D eigenvalue weighted by Crippen LogP contribution is -2.49. The van der Waals surface area contributed by atoms with Gasteiger partial charge < -0.3 is 19.3 Å². The maximum absolute atomic E-state index is 14.7. The minimum absolute atomic E-state index is 0.0452. The number of aromatic nitrogens is 1. The van der Waals surface area contributed by atoms with Crippen molar-refractivity contribution in [3.05, 3.63) is 88.4 Å². The number of benzene rings is 2. The molecule has 2 aliphatic heterocycles. The summed E-state index contributed by atoms with van der Waals surface area (Å²) in [6.45, 7) is 5.51. The summed E-state index contributed by atoms with van der Waals surface area (Å²) >= 11 is 0. The van der Waals surface area contributed by atoms with Crippen LogP contribution in [0.2, 0.25) is 0 Å². The van der Waals surface area contributed by atoms with E-state index in [2.05, 4.69) is 9.72 Å². The molecule has 41 heavy (non-hydrogen) atoms. The Hall–Kier alpha value is -4.92. The molecule has 1 saturated heterocycles. The van der Waals surface area contributed by atoms with Gasteiger partial charge in [-0.05, 0) is 54.1 Å². The molecule has 2 aliphatic rings. The molecule has 1 amide bonds. The van der Waals surface area contributed by atoms with Gasteiger partial charge in [-0.2, -0.15) is 5.26 Å². The first-order valence-electron chi connectivity index (χ1n) is 12.7. The number of carbonyl (C=O) groups is 2. The van der Waals surface area contributed by atoms with Gasteiger partial charge >= 0.3 is 12.3 Å². The van der Waals surface area contributed by atoms with Gasteiger partial charge in [-0.3, -0.25) is 4.79 Å². The van der Waals surface area contributed by atoms with Crippen LogP contribution in [0.3, 0.4) is 0 Å². The van der Waals surface area contributed by atoms with E-state index in [1.807, 2.05) is 24.8 Å². The number of ether oxygens (including phenoxy) is 2. The van der Waals surface area contributed by atoms with Crippen LogP contribution in [0.15, 0.2) is 54.7 Å². The summed E-state index contributed by atoms with van der Waals surface area (Å²) in [4.78, 5) is 33.0. The molecule has 8 nitrogen and oxygen atoms in total. The molecular formula is C29H24F4N4O4. The zero-order valence-corrected chi connectivity index (χ0v) is 22.0. The van der Waals surface area contributed by atoms with E-state index in [-0.39, 0.29) is 22.4 Å². The lowest BCUT2D eigenvalue weighted by atomic mass is 10.0.